The summed E-state index contributed by atoms with van der Waals surface area (Å²) in [5.41, 5.74) is 1.21. The molecule has 0 saturated carbocycles. The molecule has 0 aliphatic heterocycles. The Morgan fingerprint density at radius 2 is 1.81 bits per heavy atom. The molecule has 0 aliphatic carbocycles. The Kier molecular flexibility index (Phi) is 7.61. The lowest BCUT2D eigenvalue weighted by Gasteiger charge is -2.13. The van der Waals surface area contributed by atoms with E-state index in [0.717, 1.165) is 18.0 Å². The van der Waals surface area contributed by atoms with Gasteiger partial charge in [0, 0.05) is 45.7 Å². The molecular weight excluding hydrogens is 288 g/mol. The lowest BCUT2D eigenvalue weighted by atomic mass is 10.1. The van der Waals surface area contributed by atoms with Gasteiger partial charge in [0.2, 0.25) is 5.91 Å². The van der Waals surface area contributed by atoms with Gasteiger partial charge in [-0.25, -0.2) is 0 Å². The van der Waals surface area contributed by atoms with Gasteiger partial charge in [0.1, 0.15) is 0 Å². The molecule has 2 N–H and O–H groups in total. The van der Waals surface area contributed by atoms with Gasteiger partial charge >= 0.3 is 0 Å². The summed E-state index contributed by atoms with van der Waals surface area (Å²) in [5.74, 6) is 0.801. The summed E-state index contributed by atoms with van der Waals surface area (Å²) in [6, 6.07) is 7.79. The third kappa shape index (κ3) is 6.99. The number of carbonyl (C=O) groups excluding carboxylic acids is 1. The van der Waals surface area contributed by atoms with Gasteiger partial charge in [-0.05, 0) is 24.1 Å². The van der Waals surface area contributed by atoms with Crippen LogP contribution in [0.2, 0.25) is 5.02 Å². The zero-order valence-electron chi connectivity index (χ0n) is 12.8. The summed E-state index contributed by atoms with van der Waals surface area (Å²) in [7, 11) is 5.22. The average molecular weight is 311 g/mol. The fraction of sp³-hybridized carbons (Fsp3) is 0.467. The standard InChI is InChI=1S/C15H23ClN4O/c1-17-15(19-11-9-14(21)20(2)3)18-10-8-12-4-6-13(16)7-5-12/h4-7H,8-11H2,1-3H3,(H2,17,18,19). The number of aliphatic imine (C=N–C) groups is 1. The number of nitrogens with zero attached hydrogens (tertiary/aromatic N) is 2. The van der Waals surface area contributed by atoms with Gasteiger partial charge in [0.15, 0.2) is 5.96 Å². The van der Waals surface area contributed by atoms with Crippen molar-refractivity contribution < 1.29 is 4.79 Å². The highest BCUT2D eigenvalue weighted by molar-refractivity contribution is 6.30. The first-order valence-electron chi connectivity index (χ1n) is 6.92. The molecule has 0 spiro atoms. The summed E-state index contributed by atoms with van der Waals surface area (Å²) in [6.45, 7) is 1.33. The topological polar surface area (TPSA) is 56.7 Å². The van der Waals surface area contributed by atoms with Crippen LogP contribution in [0.1, 0.15) is 12.0 Å². The Morgan fingerprint density at radius 3 is 2.38 bits per heavy atom. The van der Waals surface area contributed by atoms with E-state index in [1.807, 2.05) is 24.3 Å². The van der Waals surface area contributed by atoms with Crippen LogP contribution in [-0.4, -0.2) is 51.0 Å². The van der Waals surface area contributed by atoms with Crippen molar-refractivity contribution in [2.24, 2.45) is 4.99 Å². The molecule has 0 radical (unpaired) electrons. The van der Waals surface area contributed by atoms with E-state index >= 15 is 0 Å². The van der Waals surface area contributed by atoms with Crippen LogP contribution in [0.3, 0.4) is 0 Å². The predicted molar refractivity (Wildman–Crippen MR) is 87.8 cm³/mol. The molecule has 0 aliphatic rings. The van der Waals surface area contributed by atoms with E-state index in [-0.39, 0.29) is 5.91 Å². The minimum absolute atomic E-state index is 0.0964. The number of hydrogen-bond donors (Lipinski definition) is 2. The Hall–Kier alpha value is -1.75. The molecule has 0 fully saturated rings. The summed E-state index contributed by atoms with van der Waals surface area (Å²) in [5, 5.41) is 7.08. The van der Waals surface area contributed by atoms with Crippen LogP contribution >= 0.6 is 11.6 Å². The third-order valence-electron chi connectivity index (χ3n) is 2.97. The first kappa shape index (κ1) is 17.3. The highest BCUT2D eigenvalue weighted by atomic mass is 35.5. The largest absolute Gasteiger partial charge is 0.356 e. The van der Waals surface area contributed by atoms with E-state index in [2.05, 4.69) is 15.6 Å². The van der Waals surface area contributed by atoms with Gasteiger partial charge in [-0.2, -0.15) is 0 Å². The van der Waals surface area contributed by atoms with Gasteiger partial charge in [-0.1, -0.05) is 23.7 Å². The Balaban J connectivity index is 2.25. The average Bonchev–Trinajstić information content (AvgIpc) is 2.47. The first-order valence-corrected chi connectivity index (χ1v) is 7.30. The number of halogens is 1. The summed E-state index contributed by atoms with van der Waals surface area (Å²) in [6.07, 6.45) is 1.33. The SMILES string of the molecule is CN=C(NCCC(=O)N(C)C)NCCc1ccc(Cl)cc1. The smallest absolute Gasteiger partial charge is 0.223 e. The fourth-order valence-corrected chi connectivity index (χ4v) is 1.83. The number of amides is 1. The Labute approximate surface area is 131 Å². The number of benzene rings is 1. The number of hydrogen-bond acceptors (Lipinski definition) is 2. The van der Waals surface area contributed by atoms with Crippen LogP contribution in [0, 0.1) is 0 Å². The van der Waals surface area contributed by atoms with Gasteiger partial charge < -0.3 is 15.5 Å². The molecule has 0 heterocycles. The van der Waals surface area contributed by atoms with E-state index < -0.39 is 0 Å². The molecule has 0 unspecified atom stereocenters. The molecule has 6 heteroatoms. The minimum atomic E-state index is 0.0964. The van der Waals surface area contributed by atoms with Gasteiger partial charge in [-0.3, -0.25) is 9.79 Å². The predicted octanol–water partition coefficient (Wildman–Crippen LogP) is 1.53. The number of carbonyl (C=O) groups is 1. The summed E-state index contributed by atoms with van der Waals surface area (Å²) < 4.78 is 0. The van der Waals surface area contributed by atoms with E-state index in [9.17, 15) is 4.79 Å². The molecular formula is C15H23ClN4O. The molecule has 21 heavy (non-hydrogen) atoms. The van der Waals surface area contributed by atoms with Gasteiger partial charge in [0.25, 0.3) is 0 Å². The van der Waals surface area contributed by atoms with E-state index in [0.29, 0.717) is 18.9 Å². The van der Waals surface area contributed by atoms with E-state index in [1.54, 1.807) is 26.0 Å². The monoisotopic (exact) mass is 310 g/mol. The zero-order chi connectivity index (χ0) is 15.7. The summed E-state index contributed by atoms with van der Waals surface area (Å²) in [4.78, 5) is 17.2. The van der Waals surface area contributed by atoms with Crippen LogP contribution in [0.25, 0.3) is 0 Å². The maximum Gasteiger partial charge on any atom is 0.223 e. The van der Waals surface area contributed by atoms with Crippen molar-refractivity contribution in [1.29, 1.82) is 0 Å². The van der Waals surface area contributed by atoms with Crippen molar-refractivity contribution in [3.8, 4) is 0 Å². The van der Waals surface area contributed by atoms with Crippen LogP contribution in [0.15, 0.2) is 29.3 Å². The third-order valence-corrected chi connectivity index (χ3v) is 3.23. The molecule has 0 saturated heterocycles. The van der Waals surface area contributed by atoms with E-state index in [1.165, 1.54) is 5.56 Å². The second-order valence-corrected chi connectivity index (χ2v) is 5.28. The molecule has 116 valence electrons. The van der Waals surface area contributed by atoms with Crippen molar-refractivity contribution in [2.75, 3.05) is 34.2 Å². The van der Waals surface area contributed by atoms with E-state index in [4.69, 9.17) is 11.6 Å². The number of nitrogens with one attached hydrogen (secondary N) is 2. The molecule has 5 nitrogen and oxygen atoms in total. The number of rotatable bonds is 6. The van der Waals surface area contributed by atoms with Crippen molar-refractivity contribution in [2.45, 2.75) is 12.8 Å². The summed E-state index contributed by atoms with van der Waals surface area (Å²) >= 11 is 5.85. The second kappa shape index (κ2) is 9.23. The normalized spacial score (nSPS) is 11.1. The molecule has 1 aromatic carbocycles. The number of guanidine groups is 1. The lowest BCUT2D eigenvalue weighted by molar-refractivity contribution is -0.128. The minimum Gasteiger partial charge on any atom is -0.356 e. The van der Waals surface area contributed by atoms with Crippen LogP contribution < -0.4 is 10.6 Å². The molecule has 1 rings (SSSR count). The van der Waals surface area contributed by atoms with Crippen molar-refractivity contribution in [3.05, 3.63) is 34.9 Å². The Morgan fingerprint density at radius 1 is 1.19 bits per heavy atom. The maximum atomic E-state index is 11.5. The molecule has 1 amide bonds. The van der Waals surface area contributed by atoms with Crippen LogP contribution in [-0.2, 0) is 11.2 Å². The maximum absolute atomic E-state index is 11.5. The van der Waals surface area contributed by atoms with Gasteiger partial charge in [0.05, 0.1) is 0 Å². The fourth-order valence-electron chi connectivity index (χ4n) is 1.71. The molecule has 0 aromatic heterocycles. The van der Waals surface area contributed by atoms with Crippen LogP contribution in [0.5, 0.6) is 0 Å². The van der Waals surface area contributed by atoms with Crippen molar-refractivity contribution in [3.63, 3.8) is 0 Å². The highest BCUT2D eigenvalue weighted by Crippen LogP contribution is 2.09. The second-order valence-electron chi connectivity index (χ2n) is 4.84. The lowest BCUT2D eigenvalue weighted by Crippen LogP contribution is -2.40. The first-order chi connectivity index (χ1) is 10.0. The van der Waals surface area contributed by atoms with Gasteiger partial charge in [-0.15, -0.1) is 0 Å². The molecule has 0 bridgehead atoms. The quantitative estimate of drug-likeness (QED) is 0.619. The molecule has 0 atom stereocenters. The molecule has 1 aromatic rings. The zero-order valence-corrected chi connectivity index (χ0v) is 13.6. The van der Waals surface area contributed by atoms with Crippen molar-refractivity contribution >= 4 is 23.5 Å². The highest BCUT2D eigenvalue weighted by Gasteiger charge is 2.04. The Bertz CT molecular complexity index is 471. The van der Waals surface area contributed by atoms with Crippen LogP contribution in [0.4, 0.5) is 0 Å². The van der Waals surface area contributed by atoms with Crippen molar-refractivity contribution in [1.82, 2.24) is 15.5 Å².